The van der Waals surface area contributed by atoms with Gasteiger partial charge >= 0.3 is 5.97 Å². The van der Waals surface area contributed by atoms with Gasteiger partial charge in [0.05, 0.1) is 7.11 Å². The summed E-state index contributed by atoms with van der Waals surface area (Å²) in [7, 11) is 1.46. The lowest BCUT2D eigenvalue weighted by Crippen LogP contribution is -1.99. The molecule has 0 radical (unpaired) electrons. The van der Waals surface area contributed by atoms with E-state index in [1.807, 2.05) is 0 Å². The Morgan fingerprint density at radius 3 is 1.77 bits per heavy atom. The van der Waals surface area contributed by atoms with E-state index in [9.17, 15) is 4.79 Å². The molecular formula is C19H37ClO2. The van der Waals surface area contributed by atoms with Gasteiger partial charge in [0.15, 0.2) is 0 Å². The number of hydrogen-bond donors (Lipinski definition) is 0. The Bertz CT molecular complexity index is 244. The minimum absolute atomic E-state index is 0.0751. The van der Waals surface area contributed by atoms with Crippen molar-refractivity contribution >= 4 is 17.6 Å². The summed E-state index contributed by atoms with van der Waals surface area (Å²) in [6.07, 6.45) is 18.2. The molecule has 0 aliphatic heterocycles. The van der Waals surface area contributed by atoms with Crippen molar-refractivity contribution in [1.82, 2.24) is 0 Å². The second-order valence-electron chi connectivity index (χ2n) is 6.39. The third-order valence-electron chi connectivity index (χ3n) is 4.25. The van der Waals surface area contributed by atoms with Gasteiger partial charge in [-0.15, -0.1) is 11.6 Å². The van der Waals surface area contributed by atoms with Crippen LogP contribution in [0.25, 0.3) is 0 Å². The van der Waals surface area contributed by atoms with E-state index < -0.39 is 0 Å². The van der Waals surface area contributed by atoms with Crippen molar-refractivity contribution in [3.8, 4) is 0 Å². The second kappa shape index (κ2) is 17.1. The summed E-state index contributed by atoms with van der Waals surface area (Å²) >= 11 is 6.28. The number of alkyl halides is 1. The standard InChI is InChI=1S/C19H37ClO2/c1-3-4-15-18(20)16-13-11-9-7-5-6-8-10-12-14-17-19(21)22-2/h18H,3-17H2,1-2H3. The summed E-state index contributed by atoms with van der Waals surface area (Å²) in [5.41, 5.74) is 0. The maximum Gasteiger partial charge on any atom is 0.305 e. The van der Waals surface area contributed by atoms with Gasteiger partial charge in [0.2, 0.25) is 0 Å². The Labute approximate surface area is 143 Å². The minimum Gasteiger partial charge on any atom is -0.469 e. The molecule has 0 rings (SSSR count). The Balaban J connectivity index is 3.10. The van der Waals surface area contributed by atoms with Gasteiger partial charge in [0.25, 0.3) is 0 Å². The molecule has 0 heterocycles. The molecule has 1 unspecified atom stereocenters. The summed E-state index contributed by atoms with van der Waals surface area (Å²) in [6, 6.07) is 0. The zero-order chi connectivity index (χ0) is 16.5. The predicted molar refractivity (Wildman–Crippen MR) is 96.6 cm³/mol. The Hall–Kier alpha value is -0.240. The van der Waals surface area contributed by atoms with Crippen LogP contribution in [-0.2, 0) is 9.53 Å². The van der Waals surface area contributed by atoms with Crippen LogP contribution in [0.4, 0.5) is 0 Å². The molecule has 3 heteroatoms. The molecule has 0 bridgehead atoms. The van der Waals surface area contributed by atoms with Crippen LogP contribution in [0.15, 0.2) is 0 Å². The molecule has 0 saturated carbocycles. The molecule has 0 saturated heterocycles. The Kier molecular flexibility index (Phi) is 16.9. The molecule has 0 fully saturated rings. The molecule has 22 heavy (non-hydrogen) atoms. The molecule has 0 aromatic carbocycles. The number of ether oxygens (including phenoxy) is 1. The van der Waals surface area contributed by atoms with Gasteiger partial charge in [-0.25, -0.2) is 0 Å². The smallest absolute Gasteiger partial charge is 0.305 e. The van der Waals surface area contributed by atoms with Gasteiger partial charge < -0.3 is 4.74 Å². The highest BCUT2D eigenvalue weighted by molar-refractivity contribution is 6.20. The van der Waals surface area contributed by atoms with Crippen LogP contribution in [0, 0.1) is 0 Å². The maximum absolute atomic E-state index is 10.9. The zero-order valence-corrected chi connectivity index (χ0v) is 15.6. The van der Waals surface area contributed by atoms with Crippen LogP contribution >= 0.6 is 11.6 Å². The van der Waals surface area contributed by atoms with Crippen molar-refractivity contribution in [2.45, 2.75) is 109 Å². The SMILES string of the molecule is CCCCC(Cl)CCCCCCCCCCCCC(=O)OC. The average Bonchev–Trinajstić information content (AvgIpc) is 2.53. The predicted octanol–water partition coefficient (Wildman–Crippen LogP) is 6.64. The highest BCUT2D eigenvalue weighted by Gasteiger charge is 2.03. The first kappa shape index (κ1) is 21.8. The fourth-order valence-electron chi connectivity index (χ4n) is 2.72. The van der Waals surface area contributed by atoms with E-state index in [0.717, 1.165) is 12.8 Å². The van der Waals surface area contributed by atoms with Crippen LogP contribution in [0.3, 0.4) is 0 Å². The van der Waals surface area contributed by atoms with Crippen molar-refractivity contribution in [3.63, 3.8) is 0 Å². The first-order valence-corrected chi connectivity index (χ1v) is 9.85. The molecule has 0 aromatic heterocycles. The van der Waals surface area contributed by atoms with E-state index in [-0.39, 0.29) is 5.97 Å². The third kappa shape index (κ3) is 16.1. The third-order valence-corrected chi connectivity index (χ3v) is 4.68. The molecular weight excluding hydrogens is 296 g/mol. The second-order valence-corrected chi connectivity index (χ2v) is 7.01. The van der Waals surface area contributed by atoms with E-state index >= 15 is 0 Å². The number of carbonyl (C=O) groups excluding carboxylic acids is 1. The van der Waals surface area contributed by atoms with Crippen molar-refractivity contribution < 1.29 is 9.53 Å². The molecule has 0 aromatic rings. The van der Waals surface area contributed by atoms with Crippen molar-refractivity contribution in [2.24, 2.45) is 0 Å². The van der Waals surface area contributed by atoms with E-state index in [1.165, 1.54) is 84.2 Å². The van der Waals surface area contributed by atoms with Crippen LogP contribution in [-0.4, -0.2) is 18.5 Å². The summed E-state index contributed by atoms with van der Waals surface area (Å²) < 4.78 is 4.63. The van der Waals surface area contributed by atoms with Crippen molar-refractivity contribution in [3.05, 3.63) is 0 Å². The van der Waals surface area contributed by atoms with Gasteiger partial charge in [-0.3, -0.25) is 4.79 Å². The molecule has 0 N–H and O–H groups in total. The van der Waals surface area contributed by atoms with E-state index in [1.54, 1.807) is 0 Å². The van der Waals surface area contributed by atoms with Crippen molar-refractivity contribution in [2.75, 3.05) is 7.11 Å². The fourth-order valence-corrected chi connectivity index (χ4v) is 3.03. The Morgan fingerprint density at radius 1 is 0.818 bits per heavy atom. The quantitative estimate of drug-likeness (QED) is 0.180. The number of halogens is 1. The molecule has 0 aliphatic rings. The normalized spacial score (nSPS) is 12.3. The van der Waals surface area contributed by atoms with Gasteiger partial charge in [-0.05, 0) is 19.3 Å². The summed E-state index contributed by atoms with van der Waals surface area (Å²) in [5, 5.41) is 0.407. The lowest BCUT2D eigenvalue weighted by Gasteiger charge is -2.08. The minimum atomic E-state index is -0.0751. The molecule has 0 aliphatic carbocycles. The number of rotatable bonds is 16. The maximum atomic E-state index is 10.9. The topological polar surface area (TPSA) is 26.3 Å². The number of esters is 1. The first-order chi connectivity index (χ1) is 10.7. The lowest BCUT2D eigenvalue weighted by molar-refractivity contribution is -0.140. The molecule has 1 atom stereocenters. The van der Waals surface area contributed by atoms with Gasteiger partial charge in [-0.1, -0.05) is 77.6 Å². The largest absolute Gasteiger partial charge is 0.469 e. The highest BCUT2D eigenvalue weighted by Crippen LogP contribution is 2.17. The lowest BCUT2D eigenvalue weighted by atomic mass is 10.0. The zero-order valence-electron chi connectivity index (χ0n) is 14.9. The van der Waals surface area contributed by atoms with Crippen LogP contribution in [0.2, 0.25) is 0 Å². The number of carbonyl (C=O) groups is 1. The summed E-state index contributed by atoms with van der Waals surface area (Å²) in [4.78, 5) is 10.9. The molecule has 0 amide bonds. The molecule has 0 spiro atoms. The highest BCUT2D eigenvalue weighted by atomic mass is 35.5. The van der Waals surface area contributed by atoms with Gasteiger partial charge in [0, 0.05) is 11.8 Å². The number of methoxy groups -OCH3 is 1. The average molecular weight is 333 g/mol. The van der Waals surface area contributed by atoms with Crippen LogP contribution in [0.1, 0.15) is 103 Å². The number of hydrogen-bond acceptors (Lipinski definition) is 2. The van der Waals surface area contributed by atoms with E-state index in [0.29, 0.717) is 11.8 Å². The molecule has 132 valence electrons. The van der Waals surface area contributed by atoms with Crippen LogP contribution in [0.5, 0.6) is 0 Å². The molecule has 2 nitrogen and oxygen atoms in total. The van der Waals surface area contributed by atoms with E-state index in [4.69, 9.17) is 11.6 Å². The van der Waals surface area contributed by atoms with Crippen LogP contribution < -0.4 is 0 Å². The first-order valence-electron chi connectivity index (χ1n) is 9.41. The fraction of sp³-hybridized carbons (Fsp3) is 0.947. The summed E-state index contributed by atoms with van der Waals surface area (Å²) in [5.74, 6) is -0.0751. The van der Waals surface area contributed by atoms with Gasteiger partial charge in [-0.2, -0.15) is 0 Å². The van der Waals surface area contributed by atoms with Crippen molar-refractivity contribution in [1.29, 1.82) is 0 Å². The number of unbranched alkanes of at least 4 members (excludes halogenated alkanes) is 10. The van der Waals surface area contributed by atoms with Gasteiger partial charge in [0.1, 0.15) is 0 Å². The van der Waals surface area contributed by atoms with E-state index in [2.05, 4.69) is 11.7 Å². The monoisotopic (exact) mass is 332 g/mol. The summed E-state index contributed by atoms with van der Waals surface area (Å²) in [6.45, 7) is 2.22. The Morgan fingerprint density at radius 2 is 1.27 bits per heavy atom.